The molecule has 7 nitrogen and oxygen atoms in total. The van der Waals surface area contributed by atoms with Crippen molar-refractivity contribution in [1.82, 2.24) is 10.6 Å². The zero-order valence-electron chi connectivity index (χ0n) is 18.2. The lowest BCUT2D eigenvalue weighted by atomic mass is 10.0. The van der Waals surface area contributed by atoms with Gasteiger partial charge in [-0.3, -0.25) is 14.4 Å². The highest BCUT2D eigenvalue weighted by molar-refractivity contribution is 6.36. The van der Waals surface area contributed by atoms with E-state index in [0.717, 1.165) is 0 Å². The number of amides is 3. The number of benzene rings is 2. The summed E-state index contributed by atoms with van der Waals surface area (Å²) in [4.78, 5) is 37.0. The van der Waals surface area contributed by atoms with Crippen molar-refractivity contribution in [1.29, 1.82) is 0 Å². The van der Waals surface area contributed by atoms with Gasteiger partial charge in [0.1, 0.15) is 11.8 Å². The molecule has 1 atom stereocenters. The van der Waals surface area contributed by atoms with Gasteiger partial charge in [0, 0.05) is 17.3 Å². The van der Waals surface area contributed by atoms with Crippen LogP contribution in [0.5, 0.6) is 5.75 Å². The molecular weight excluding hydrogens is 453 g/mol. The Balaban J connectivity index is 2.02. The SMILES string of the molecule is CCNC(=O)COc1ccc(NC(=O)C(CC(C)C)NC(=O)c2ccc(Cl)cc2Cl)cc1. The maximum atomic E-state index is 12.9. The third-order valence-corrected chi connectivity index (χ3v) is 4.92. The van der Waals surface area contributed by atoms with Gasteiger partial charge in [-0.15, -0.1) is 0 Å². The third-order valence-electron chi connectivity index (χ3n) is 4.37. The van der Waals surface area contributed by atoms with Crippen LogP contribution >= 0.6 is 23.2 Å². The van der Waals surface area contributed by atoms with Gasteiger partial charge in [0.15, 0.2) is 6.61 Å². The first-order chi connectivity index (χ1) is 15.2. The second-order valence-corrected chi connectivity index (χ2v) is 8.38. The van der Waals surface area contributed by atoms with E-state index < -0.39 is 11.9 Å². The Hall–Kier alpha value is -2.77. The molecule has 0 aliphatic rings. The molecule has 0 aliphatic carbocycles. The number of halogens is 2. The Morgan fingerprint density at radius 3 is 2.31 bits per heavy atom. The summed E-state index contributed by atoms with van der Waals surface area (Å²) in [6, 6.07) is 10.4. The summed E-state index contributed by atoms with van der Waals surface area (Å²) in [5.41, 5.74) is 0.777. The monoisotopic (exact) mass is 479 g/mol. The van der Waals surface area contributed by atoms with Crippen LogP contribution in [0.4, 0.5) is 5.69 Å². The van der Waals surface area contributed by atoms with E-state index in [-0.39, 0.29) is 34.9 Å². The van der Waals surface area contributed by atoms with Crippen molar-refractivity contribution < 1.29 is 19.1 Å². The molecule has 0 saturated heterocycles. The first-order valence-corrected chi connectivity index (χ1v) is 11.0. The molecule has 2 aromatic carbocycles. The Kier molecular flexibility index (Phi) is 9.81. The minimum Gasteiger partial charge on any atom is -0.484 e. The quantitative estimate of drug-likeness (QED) is 0.473. The first kappa shape index (κ1) is 25.5. The average Bonchev–Trinajstić information content (AvgIpc) is 2.72. The van der Waals surface area contributed by atoms with Crippen LogP contribution in [0.15, 0.2) is 42.5 Å². The molecule has 3 amide bonds. The molecule has 3 N–H and O–H groups in total. The van der Waals surface area contributed by atoms with Crippen LogP contribution < -0.4 is 20.7 Å². The molecule has 9 heteroatoms. The van der Waals surface area contributed by atoms with E-state index in [1.54, 1.807) is 30.3 Å². The summed E-state index contributed by atoms with van der Waals surface area (Å²) in [6.45, 7) is 6.19. The summed E-state index contributed by atoms with van der Waals surface area (Å²) in [5, 5.41) is 8.82. The van der Waals surface area contributed by atoms with Crippen molar-refractivity contribution in [3.05, 3.63) is 58.1 Å². The van der Waals surface area contributed by atoms with Gasteiger partial charge < -0.3 is 20.7 Å². The maximum absolute atomic E-state index is 12.9. The van der Waals surface area contributed by atoms with Crippen molar-refractivity contribution in [3.8, 4) is 5.75 Å². The van der Waals surface area contributed by atoms with Crippen molar-refractivity contribution in [2.75, 3.05) is 18.5 Å². The van der Waals surface area contributed by atoms with Crippen molar-refractivity contribution in [2.45, 2.75) is 33.2 Å². The molecule has 0 spiro atoms. The van der Waals surface area contributed by atoms with Gasteiger partial charge in [0.2, 0.25) is 5.91 Å². The lowest BCUT2D eigenvalue weighted by Gasteiger charge is -2.20. The predicted octanol–water partition coefficient (Wildman–Crippen LogP) is 4.29. The Morgan fingerprint density at radius 1 is 1.03 bits per heavy atom. The van der Waals surface area contributed by atoms with Gasteiger partial charge in [0.25, 0.3) is 11.8 Å². The molecule has 32 heavy (non-hydrogen) atoms. The highest BCUT2D eigenvalue weighted by Gasteiger charge is 2.23. The molecule has 0 fully saturated rings. The number of nitrogens with one attached hydrogen (secondary N) is 3. The van der Waals surface area contributed by atoms with Crippen LogP contribution in [0.2, 0.25) is 10.0 Å². The standard InChI is InChI=1S/C23H27Cl2N3O4/c1-4-26-21(29)13-32-17-8-6-16(7-9-17)27-23(31)20(11-14(2)3)28-22(30)18-10-5-15(24)12-19(18)25/h5-10,12,14,20H,4,11,13H2,1-3H3,(H,26,29)(H,27,31)(H,28,30). The first-order valence-electron chi connectivity index (χ1n) is 10.3. The topological polar surface area (TPSA) is 96.5 Å². The van der Waals surface area contributed by atoms with Crippen LogP contribution in [0.1, 0.15) is 37.6 Å². The number of carbonyl (C=O) groups excluding carboxylic acids is 3. The number of hydrogen-bond donors (Lipinski definition) is 3. The molecule has 0 bridgehead atoms. The Labute approximate surface area is 197 Å². The zero-order chi connectivity index (χ0) is 23.7. The minimum atomic E-state index is -0.761. The molecule has 2 aromatic rings. The van der Waals surface area contributed by atoms with E-state index in [9.17, 15) is 14.4 Å². The van der Waals surface area contributed by atoms with Crippen molar-refractivity contribution >= 4 is 46.6 Å². The van der Waals surface area contributed by atoms with E-state index in [1.165, 1.54) is 12.1 Å². The second-order valence-electron chi connectivity index (χ2n) is 7.54. The van der Waals surface area contributed by atoms with Gasteiger partial charge in [-0.1, -0.05) is 37.0 Å². The number of anilines is 1. The fourth-order valence-electron chi connectivity index (χ4n) is 2.87. The summed E-state index contributed by atoms with van der Waals surface area (Å²) < 4.78 is 5.40. The van der Waals surface area contributed by atoms with Gasteiger partial charge >= 0.3 is 0 Å². The molecule has 0 saturated carbocycles. The van der Waals surface area contributed by atoms with E-state index in [4.69, 9.17) is 27.9 Å². The van der Waals surface area contributed by atoms with Gasteiger partial charge in [0.05, 0.1) is 10.6 Å². The average molecular weight is 480 g/mol. The number of rotatable bonds is 10. The minimum absolute atomic E-state index is 0.0880. The largest absolute Gasteiger partial charge is 0.484 e. The van der Waals surface area contributed by atoms with Crippen molar-refractivity contribution in [2.24, 2.45) is 5.92 Å². The number of likely N-dealkylation sites (N-methyl/N-ethyl adjacent to an activating group) is 1. The molecule has 0 aromatic heterocycles. The number of carbonyl (C=O) groups is 3. The maximum Gasteiger partial charge on any atom is 0.257 e. The lowest BCUT2D eigenvalue weighted by molar-refractivity contribution is -0.123. The number of ether oxygens (including phenoxy) is 1. The predicted molar refractivity (Wildman–Crippen MR) is 126 cm³/mol. The molecule has 172 valence electrons. The molecule has 1 unspecified atom stereocenters. The van der Waals surface area contributed by atoms with Gasteiger partial charge in [-0.2, -0.15) is 0 Å². The van der Waals surface area contributed by atoms with Crippen LogP contribution in [-0.2, 0) is 9.59 Å². The van der Waals surface area contributed by atoms with E-state index in [2.05, 4.69) is 16.0 Å². The van der Waals surface area contributed by atoms with Crippen LogP contribution in [0.3, 0.4) is 0 Å². The third kappa shape index (κ3) is 8.05. The molecule has 2 rings (SSSR count). The lowest BCUT2D eigenvalue weighted by Crippen LogP contribution is -2.44. The summed E-state index contributed by atoms with van der Waals surface area (Å²) >= 11 is 12.0. The number of hydrogen-bond acceptors (Lipinski definition) is 4. The van der Waals surface area contributed by atoms with E-state index in [1.807, 2.05) is 20.8 Å². The highest BCUT2D eigenvalue weighted by atomic mass is 35.5. The van der Waals surface area contributed by atoms with Gasteiger partial charge in [-0.25, -0.2) is 0 Å². The molecular formula is C23H27Cl2N3O4. The second kappa shape index (κ2) is 12.3. The summed E-state index contributed by atoms with van der Waals surface area (Å²) in [5.74, 6) is -0.358. The fraction of sp³-hybridized carbons (Fsp3) is 0.348. The van der Waals surface area contributed by atoms with E-state index >= 15 is 0 Å². The zero-order valence-corrected chi connectivity index (χ0v) is 19.7. The summed E-state index contributed by atoms with van der Waals surface area (Å²) in [6.07, 6.45) is 0.441. The smallest absolute Gasteiger partial charge is 0.257 e. The van der Waals surface area contributed by atoms with Crippen LogP contribution in [0.25, 0.3) is 0 Å². The normalized spacial score (nSPS) is 11.6. The molecule has 0 radical (unpaired) electrons. The van der Waals surface area contributed by atoms with Crippen molar-refractivity contribution in [3.63, 3.8) is 0 Å². The molecule has 0 heterocycles. The van der Waals surface area contributed by atoms with Crippen LogP contribution in [0, 0.1) is 5.92 Å². The molecule has 0 aliphatic heterocycles. The van der Waals surface area contributed by atoms with E-state index in [0.29, 0.717) is 29.4 Å². The fourth-order valence-corrected chi connectivity index (χ4v) is 3.37. The van der Waals surface area contributed by atoms with Gasteiger partial charge in [-0.05, 0) is 61.7 Å². The Bertz CT molecular complexity index is 949. The highest BCUT2D eigenvalue weighted by Crippen LogP contribution is 2.22. The van der Waals surface area contributed by atoms with Crippen LogP contribution in [-0.4, -0.2) is 36.9 Å². The summed E-state index contributed by atoms with van der Waals surface area (Å²) in [7, 11) is 0. The Morgan fingerprint density at radius 2 is 1.72 bits per heavy atom.